The molecule has 3 N–H and O–H groups in total. The van der Waals surface area contributed by atoms with Gasteiger partial charge in [-0.25, -0.2) is 14.8 Å². The molecule has 192 valence electrons. The van der Waals surface area contributed by atoms with Crippen molar-refractivity contribution in [2.45, 2.75) is 0 Å². The number of fused-ring (bicyclic) bond motifs is 2. The Morgan fingerprint density at radius 3 is 2.71 bits per heavy atom. The molecule has 12 nitrogen and oxygen atoms in total. The van der Waals surface area contributed by atoms with Gasteiger partial charge in [0.05, 0.1) is 41.6 Å². The average Bonchev–Trinajstić information content (AvgIpc) is 3.57. The number of amides is 3. The van der Waals surface area contributed by atoms with Crippen molar-refractivity contribution in [3.63, 3.8) is 0 Å². The van der Waals surface area contributed by atoms with E-state index in [1.165, 1.54) is 4.90 Å². The number of carbonyl (C=O) groups excluding carboxylic acids is 2. The number of nitrogens with one attached hydrogen (secondary N) is 3. The second kappa shape index (κ2) is 9.56. The van der Waals surface area contributed by atoms with Crippen molar-refractivity contribution in [3.05, 3.63) is 54.5 Å². The number of hydrogen-bond donors (Lipinski definition) is 3. The highest BCUT2D eigenvalue weighted by molar-refractivity contribution is 6.05. The molecule has 1 aliphatic heterocycles. The van der Waals surface area contributed by atoms with Crippen LogP contribution in [-0.2, 0) is 4.74 Å². The van der Waals surface area contributed by atoms with Gasteiger partial charge in [-0.15, -0.1) is 0 Å². The van der Waals surface area contributed by atoms with Gasteiger partial charge in [-0.3, -0.25) is 14.9 Å². The molecule has 0 spiro atoms. The van der Waals surface area contributed by atoms with Crippen LogP contribution in [0.3, 0.4) is 0 Å². The molecule has 12 heteroatoms. The Kier molecular flexibility index (Phi) is 5.92. The van der Waals surface area contributed by atoms with Crippen LogP contribution in [0.2, 0.25) is 0 Å². The average molecular weight is 512 g/mol. The van der Waals surface area contributed by atoms with Gasteiger partial charge in [-0.05, 0) is 24.3 Å². The molecule has 4 aromatic heterocycles. The van der Waals surface area contributed by atoms with Gasteiger partial charge < -0.3 is 24.8 Å². The zero-order chi connectivity index (χ0) is 26.2. The van der Waals surface area contributed by atoms with E-state index in [1.807, 2.05) is 24.3 Å². The standard InChI is InChI=1S/C26H25N9O3/c1-34(2)25(36)18-4-3-5-20-21(18)31-24(30-20)22-19-11-16(13-28-23(19)33-32-22)15-10-17(14-27-12-15)29-26(37)35-6-8-38-9-7-35/h3-5,10-14H,6-9H2,1-2H3,(H,29,37)(H,30,31)(H,28,32,33). The van der Waals surface area contributed by atoms with Crippen LogP contribution in [0.25, 0.3) is 44.7 Å². The van der Waals surface area contributed by atoms with Gasteiger partial charge in [0.2, 0.25) is 0 Å². The summed E-state index contributed by atoms with van der Waals surface area (Å²) in [5.74, 6) is 0.422. The van der Waals surface area contributed by atoms with Gasteiger partial charge in [0.1, 0.15) is 11.2 Å². The number of nitrogens with zero attached hydrogens (tertiary/aromatic N) is 6. The predicted octanol–water partition coefficient (Wildman–Crippen LogP) is 3.13. The second-order valence-corrected chi connectivity index (χ2v) is 9.17. The number of H-pyrrole nitrogens is 2. The lowest BCUT2D eigenvalue weighted by Gasteiger charge is -2.26. The highest BCUT2D eigenvalue weighted by Gasteiger charge is 2.20. The van der Waals surface area contributed by atoms with Gasteiger partial charge in [0.15, 0.2) is 11.5 Å². The molecule has 6 rings (SSSR count). The van der Waals surface area contributed by atoms with E-state index in [2.05, 4.69) is 30.5 Å². The number of anilines is 1. The molecule has 5 heterocycles. The minimum Gasteiger partial charge on any atom is -0.378 e. The van der Waals surface area contributed by atoms with E-state index >= 15 is 0 Å². The fourth-order valence-electron chi connectivity index (χ4n) is 4.44. The van der Waals surface area contributed by atoms with Crippen LogP contribution >= 0.6 is 0 Å². The summed E-state index contributed by atoms with van der Waals surface area (Å²) in [5, 5.41) is 11.0. The van der Waals surface area contributed by atoms with E-state index < -0.39 is 0 Å². The Morgan fingerprint density at radius 2 is 1.89 bits per heavy atom. The SMILES string of the molecule is CN(C)C(=O)c1cccc2[nH]c(-c3[nH]nc4ncc(-c5cncc(NC(=O)N6CCOCC6)c5)cc34)nc12. The quantitative estimate of drug-likeness (QED) is 0.336. The van der Waals surface area contributed by atoms with Crippen molar-refractivity contribution in [3.8, 4) is 22.6 Å². The number of hydrogen-bond acceptors (Lipinski definition) is 7. The maximum absolute atomic E-state index is 12.7. The number of imidazole rings is 1. The molecule has 0 unspecified atom stereocenters. The number of carbonyl (C=O) groups is 2. The number of pyridine rings is 2. The number of urea groups is 1. The zero-order valence-electron chi connectivity index (χ0n) is 20.9. The number of benzene rings is 1. The van der Waals surface area contributed by atoms with E-state index in [4.69, 9.17) is 9.72 Å². The smallest absolute Gasteiger partial charge is 0.322 e. The maximum atomic E-state index is 12.7. The number of morpholine rings is 1. The van der Waals surface area contributed by atoms with Crippen molar-refractivity contribution in [1.29, 1.82) is 0 Å². The van der Waals surface area contributed by atoms with Gasteiger partial charge in [0, 0.05) is 50.7 Å². The minimum atomic E-state index is -0.185. The maximum Gasteiger partial charge on any atom is 0.322 e. The summed E-state index contributed by atoms with van der Waals surface area (Å²) < 4.78 is 5.32. The summed E-state index contributed by atoms with van der Waals surface area (Å²) in [6, 6.07) is 9.08. The third-order valence-corrected chi connectivity index (χ3v) is 6.42. The van der Waals surface area contributed by atoms with Gasteiger partial charge in [-0.1, -0.05) is 6.07 Å². The molecule has 0 saturated carbocycles. The van der Waals surface area contributed by atoms with Gasteiger partial charge >= 0.3 is 6.03 Å². The molecule has 0 radical (unpaired) electrons. The number of para-hydroxylation sites is 1. The molecule has 1 aliphatic rings. The van der Waals surface area contributed by atoms with Gasteiger partial charge in [-0.2, -0.15) is 5.10 Å². The summed E-state index contributed by atoms with van der Waals surface area (Å²) in [5.41, 5.74) is 5.19. The summed E-state index contributed by atoms with van der Waals surface area (Å²) in [6.45, 7) is 2.16. The highest BCUT2D eigenvalue weighted by Crippen LogP contribution is 2.30. The Balaban J connectivity index is 1.33. The largest absolute Gasteiger partial charge is 0.378 e. The predicted molar refractivity (Wildman–Crippen MR) is 142 cm³/mol. The van der Waals surface area contributed by atoms with Crippen LogP contribution in [-0.4, -0.2) is 92.3 Å². The van der Waals surface area contributed by atoms with Crippen molar-refractivity contribution in [1.82, 2.24) is 39.9 Å². The molecule has 1 aromatic carbocycles. The molecular formula is C26H25N9O3. The molecule has 1 saturated heterocycles. The fourth-order valence-corrected chi connectivity index (χ4v) is 4.44. The number of ether oxygens (including phenoxy) is 1. The van der Waals surface area contributed by atoms with Crippen LogP contribution in [0.15, 0.2) is 48.9 Å². The van der Waals surface area contributed by atoms with Crippen LogP contribution in [0, 0.1) is 0 Å². The van der Waals surface area contributed by atoms with Crippen LogP contribution in [0.4, 0.5) is 10.5 Å². The third kappa shape index (κ3) is 4.30. The first-order valence-electron chi connectivity index (χ1n) is 12.1. The molecule has 38 heavy (non-hydrogen) atoms. The Hall–Kier alpha value is -4.84. The number of aromatic amines is 2. The molecule has 0 bridgehead atoms. The zero-order valence-corrected chi connectivity index (χ0v) is 20.9. The Labute approximate surface area is 217 Å². The van der Waals surface area contributed by atoms with Crippen LogP contribution in [0.1, 0.15) is 10.4 Å². The molecule has 1 fully saturated rings. The van der Waals surface area contributed by atoms with Crippen LogP contribution in [0.5, 0.6) is 0 Å². The van der Waals surface area contributed by atoms with E-state index in [0.29, 0.717) is 60.2 Å². The molecule has 5 aromatic rings. The summed E-state index contributed by atoms with van der Waals surface area (Å²) in [4.78, 5) is 45.3. The molecule has 3 amide bonds. The summed E-state index contributed by atoms with van der Waals surface area (Å²) in [6.07, 6.45) is 5.04. The summed E-state index contributed by atoms with van der Waals surface area (Å²) in [7, 11) is 3.42. The summed E-state index contributed by atoms with van der Waals surface area (Å²) >= 11 is 0. The Bertz CT molecular complexity index is 1670. The van der Waals surface area contributed by atoms with E-state index in [0.717, 1.165) is 22.0 Å². The van der Waals surface area contributed by atoms with Gasteiger partial charge in [0.25, 0.3) is 5.91 Å². The molecular weight excluding hydrogens is 486 g/mol. The fraction of sp³-hybridized carbons (Fsp3) is 0.231. The van der Waals surface area contributed by atoms with E-state index in [-0.39, 0.29) is 11.9 Å². The lowest BCUT2D eigenvalue weighted by molar-refractivity contribution is 0.0564. The van der Waals surface area contributed by atoms with Crippen molar-refractivity contribution < 1.29 is 14.3 Å². The van der Waals surface area contributed by atoms with Crippen molar-refractivity contribution in [2.24, 2.45) is 0 Å². The van der Waals surface area contributed by atoms with Crippen molar-refractivity contribution >= 4 is 39.7 Å². The topological polar surface area (TPSA) is 145 Å². The first kappa shape index (κ1) is 23.6. The third-order valence-electron chi connectivity index (χ3n) is 6.42. The monoisotopic (exact) mass is 511 g/mol. The number of rotatable bonds is 4. The lowest BCUT2D eigenvalue weighted by atomic mass is 10.1. The van der Waals surface area contributed by atoms with E-state index in [1.54, 1.807) is 43.7 Å². The molecule has 0 atom stereocenters. The lowest BCUT2D eigenvalue weighted by Crippen LogP contribution is -2.43. The first-order valence-corrected chi connectivity index (χ1v) is 12.1. The Morgan fingerprint density at radius 1 is 1.08 bits per heavy atom. The van der Waals surface area contributed by atoms with Crippen molar-refractivity contribution in [2.75, 3.05) is 45.7 Å². The first-order chi connectivity index (χ1) is 18.5. The number of aromatic nitrogens is 6. The van der Waals surface area contributed by atoms with Crippen LogP contribution < -0.4 is 5.32 Å². The second-order valence-electron chi connectivity index (χ2n) is 9.17. The highest BCUT2D eigenvalue weighted by atomic mass is 16.5. The van der Waals surface area contributed by atoms with E-state index in [9.17, 15) is 9.59 Å². The normalized spacial score (nSPS) is 13.7. The molecule has 0 aliphatic carbocycles. The minimum absolute atomic E-state index is 0.125.